The summed E-state index contributed by atoms with van der Waals surface area (Å²) in [7, 11) is 0. The van der Waals surface area contributed by atoms with Crippen LogP contribution < -0.4 is 10.5 Å². The average Bonchev–Trinajstić information content (AvgIpc) is 2.82. The fraction of sp³-hybridized carbons (Fsp3) is 0.231. The van der Waals surface area contributed by atoms with Gasteiger partial charge in [0, 0.05) is 10.7 Å². The first-order chi connectivity index (χ1) is 9.63. The smallest absolute Gasteiger partial charge is 0.327 e. The Labute approximate surface area is 124 Å². The van der Waals surface area contributed by atoms with Crippen molar-refractivity contribution in [1.29, 1.82) is 0 Å². The number of ether oxygens (including phenoxy) is 2. The van der Waals surface area contributed by atoms with Gasteiger partial charge in [0.2, 0.25) is 0 Å². The van der Waals surface area contributed by atoms with Crippen molar-refractivity contribution in [2.24, 2.45) is 0 Å². The molecule has 0 spiro atoms. The van der Waals surface area contributed by atoms with Gasteiger partial charge in [-0.3, -0.25) is 9.48 Å². The van der Waals surface area contributed by atoms with Crippen molar-refractivity contribution in [3.63, 3.8) is 0 Å². The molecule has 2 aromatic rings. The van der Waals surface area contributed by atoms with Crippen LogP contribution in [-0.4, -0.2) is 29.0 Å². The number of hydrogen-bond donors (Lipinski definition) is 1. The monoisotopic (exact) mass is 339 g/mol. The summed E-state index contributed by atoms with van der Waals surface area (Å²) in [6, 6.07) is 9.04. The van der Waals surface area contributed by atoms with Crippen LogP contribution in [0.4, 0.5) is 5.82 Å². The molecule has 0 aliphatic heterocycles. The van der Waals surface area contributed by atoms with E-state index in [-0.39, 0.29) is 19.1 Å². The van der Waals surface area contributed by atoms with Crippen molar-refractivity contribution in [2.75, 3.05) is 18.9 Å². The summed E-state index contributed by atoms with van der Waals surface area (Å²) in [6.45, 7) is 0.524. The number of nitrogens with two attached hydrogens (primary N) is 1. The van der Waals surface area contributed by atoms with Crippen molar-refractivity contribution in [3.05, 3.63) is 41.0 Å². The third-order valence-corrected chi connectivity index (χ3v) is 2.91. The van der Waals surface area contributed by atoms with Crippen LogP contribution >= 0.6 is 15.9 Å². The summed E-state index contributed by atoms with van der Waals surface area (Å²) >= 11 is 3.34. The van der Waals surface area contributed by atoms with Crippen LogP contribution in [0.3, 0.4) is 0 Å². The Bertz CT molecular complexity index is 568. The zero-order valence-corrected chi connectivity index (χ0v) is 12.2. The molecule has 1 aromatic heterocycles. The largest absolute Gasteiger partial charge is 0.490 e. The standard InChI is InChI=1S/C13H14BrN3O3/c14-10-1-3-11(4-2-10)19-7-8-20-13(18)9-17-6-5-12(15)16-17/h1-6H,7-9H2,(H2,15,16). The van der Waals surface area contributed by atoms with Gasteiger partial charge in [-0.1, -0.05) is 15.9 Å². The molecule has 6 nitrogen and oxygen atoms in total. The van der Waals surface area contributed by atoms with E-state index in [0.29, 0.717) is 12.4 Å². The van der Waals surface area contributed by atoms with E-state index in [1.54, 1.807) is 12.3 Å². The van der Waals surface area contributed by atoms with Gasteiger partial charge < -0.3 is 15.2 Å². The van der Waals surface area contributed by atoms with E-state index in [9.17, 15) is 4.79 Å². The van der Waals surface area contributed by atoms with Gasteiger partial charge in [-0.2, -0.15) is 5.10 Å². The number of benzene rings is 1. The van der Waals surface area contributed by atoms with Crippen LogP contribution in [0.2, 0.25) is 0 Å². The second kappa shape index (κ2) is 6.95. The molecule has 0 amide bonds. The maximum Gasteiger partial charge on any atom is 0.327 e. The molecule has 0 saturated heterocycles. The maximum atomic E-state index is 11.5. The molecule has 0 saturated carbocycles. The molecule has 0 atom stereocenters. The number of rotatable bonds is 6. The van der Waals surface area contributed by atoms with Gasteiger partial charge >= 0.3 is 5.97 Å². The first kappa shape index (κ1) is 14.4. The lowest BCUT2D eigenvalue weighted by atomic mass is 10.3. The molecule has 7 heteroatoms. The predicted molar refractivity (Wildman–Crippen MR) is 77.2 cm³/mol. The van der Waals surface area contributed by atoms with Gasteiger partial charge in [0.05, 0.1) is 0 Å². The predicted octanol–water partition coefficient (Wildman–Crippen LogP) is 1.85. The van der Waals surface area contributed by atoms with E-state index in [1.165, 1.54) is 4.68 Å². The fourth-order valence-corrected chi connectivity index (χ4v) is 1.75. The van der Waals surface area contributed by atoms with E-state index >= 15 is 0 Å². The Morgan fingerprint density at radius 1 is 1.25 bits per heavy atom. The highest BCUT2D eigenvalue weighted by Gasteiger charge is 2.05. The second-order valence-electron chi connectivity index (χ2n) is 3.96. The molecule has 0 radical (unpaired) electrons. The van der Waals surface area contributed by atoms with E-state index < -0.39 is 0 Å². The van der Waals surface area contributed by atoms with Gasteiger partial charge in [0.1, 0.15) is 31.3 Å². The van der Waals surface area contributed by atoms with Crippen LogP contribution in [0.1, 0.15) is 0 Å². The molecule has 0 unspecified atom stereocenters. The zero-order chi connectivity index (χ0) is 14.4. The number of anilines is 1. The molecule has 1 heterocycles. The highest BCUT2D eigenvalue weighted by atomic mass is 79.9. The maximum absolute atomic E-state index is 11.5. The number of carbonyl (C=O) groups is 1. The molecule has 0 fully saturated rings. The summed E-state index contributed by atoms with van der Waals surface area (Å²) in [5.74, 6) is 0.716. The SMILES string of the molecule is Nc1ccn(CC(=O)OCCOc2ccc(Br)cc2)n1. The Morgan fingerprint density at radius 2 is 2.00 bits per heavy atom. The Balaban J connectivity index is 1.65. The highest BCUT2D eigenvalue weighted by Crippen LogP contribution is 2.15. The summed E-state index contributed by atoms with van der Waals surface area (Å²) < 4.78 is 12.9. The second-order valence-corrected chi connectivity index (χ2v) is 4.88. The van der Waals surface area contributed by atoms with E-state index in [1.807, 2.05) is 24.3 Å². The van der Waals surface area contributed by atoms with Gasteiger partial charge in [0.25, 0.3) is 0 Å². The summed E-state index contributed by atoms with van der Waals surface area (Å²) in [4.78, 5) is 11.5. The number of nitrogen functional groups attached to an aromatic ring is 1. The van der Waals surface area contributed by atoms with Crippen LogP contribution in [0.15, 0.2) is 41.0 Å². The number of nitrogens with zero attached hydrogens (tertiary/aromatic N) is 2. The Kier molecular flexibility index (Phi) is 5.00. The highest BCUT2D eigenvalue weighted by molar-refractivity contribution is 9.10. The van der Waals surface area contributed by atoms with Crippen LogP contribution in [0, 0.1) is 0 Å². The quantitative estimate of drug-likeness (QED) is 0.641. The molecule has 0 aliphatic rings. The minimum Gasteiger partial charge on any atom is -0.490 e. The molecular weight excluding hydrogens is 326 g/mol. The minimum absolute atomic E-state index is 0.0372. The normalized spacial score (nSPS) is 10.2. The lowest BCUT2D eigenvalue weighted by Crippen LogP contribution is -2.17. The van der Waals surface area contributed by atoms with Crippen LogP contribution in [-0.2, 0) is 16.1 Å². The molecule has 0 aliphatic carbocycles. The van der Waals surface area contributed by atoms with Gasteiger partial charge in [0.15, 0.2) is 0 Å². The number of halogens is 1. The summed E-state index contributed by atoms with van der Waals surface area (Å²) in [5.41, 5.74) is 5.44. The first-order valence-electron chi connectivity index (χ1n) is 5.96. The number of aromatic nitrogens is 2. The first-order valence-corrected chi connectivity index (χ1v) is 6.76. The zero-order valence-electron chi connectivity index (χ0n) is 10.7. The topological polar surface area (TPSA) is 79.4 Å². The number of carbonyl (C=O) groups excluding carboxylic acids is 1. The molecular formula is C13H14BrN3O3. The third kappa shape index (κ3) is 4.58. The van der Waals surface area contributed by atoms with Gasteiger partial charge in [-0.05, 0) is 30.3 Å². The van der Waals surface area contributed by atoms with Gasteiger partial charge in [-0.25, -0.2) is 0 Å². The van der Waals surface area contributed by atoms with Gasteiger partial charge in [-0.15, -0.1) is 0 Å². The minimum atomic E-state index is -0.382. The number of esters is 1. The molecule has 106 valence electrons. The van der Waals surface area contributed by atoms with Crippen molar-refractivity contribution in [1.82, 2.24) is 9.78 Å². The van der Waals surface area contributed by atoms with Crippen LogP contribution in [0.25, 0.3) is 0 Å². The Morgan fingerprint density at radius 3 is 2.65 bits per heavy atom. The molecule has 1 aromatic carbocycles. The lowest BCUT2D eigenvalue weighted by Gasteiger charge is -2.07. The number of hydrogen-bond acceptors (Lipinski definition) is 5. The Hall–Kier alpha value is -2.02. The third-order valence-electron chi connectivity index (χ3n) is 2.38. The van der Waals surface area contributed by atoms with Crippen molar-refractivity contribution >= 4 is 27.7 Å². The molecule has 0 bridgehead atoms. The van der Waals surface area contributed by atoms with Crippen molar-refractivity contribution in [2.45, 2.75) is 6.54 Å². The summed E-state index contributed by atoms with van der Waals surface area (Å²) in [6.07, 6.45) is 1.62. The fourth-order valence-electron chi connectivity index (χ4n) is 1.49. The van der Waals surface area contributed by atoms with Crippen molar-refractivity contribution < 1.29 is 14.3 Å². The van der Waals surface area contributed by atoms with E-state index in [2.05, 4.69) is 21.0 Å². The lowest BCUT2D eigenvalue weighted by molar-refractivity contribution is -0.145. The molecule has 2 N–H and O–H groups in total. The van der Waals surface area contributed by atoms with Crippen molar-refractivity contribution in [3.8, 4) is 5.75 Å². The molecule has 2 rings (SSSR count). The van der Waals surface area contributed by atoms with Crippen LogP contribution in [0.5, 0.6) is 5.75 Å². The molecule has 20 heavy (non-hydrogen) atoms. The summed E-state index contributed by atoms with van der Waals surface area (Å²) in [5, 5.41) is 3.89. The van der Waals surface area contributed by atoms with E-state index in [4.69, 9.17) is 15.2 Å². The average molecular weight is 340 g/mol. The van der Waals surface area contributed by atoms with E-state index in [0.717, 1.165) is 10.2 Å².